The van der Waals surface area contributed by atoms with Gasteiger partial charge in [0.1, 0.15) is 4.66 Å². The Kier molecular flexibility index (Phi) is 4.68. The van der Waals surface area contributed by atoms with Gasteiger partial charge in [0.2, 0.25) is 10.0 Å². The van der Waals surface area contributed by atoms with Crippen LogP contribution in [0.5, 0.6) is 0 Å². The van der Waals surface area contributed by atoms with Crippen molar-refractivity contribution < 1.29 is 13.2 Å². The fourth-order valence-electron chi connectivity index (χ4n) is 0.395. The first-order valence-electron chi connectivity index (χ1n) is 3.41. The van der Waals surface area contributed by atoms with Crippen LogP contribution in [0.15, 0.2) is 0 Å². The highest BCUT2D eigenvalue weighted by atomic mass is 79.9. The molecular formula is C6H14BrNO3S. The Labute approximate surface area is 81.9 Å². The van der Waals surface area contributed by atoms with E-state index < -0.39 is 15.6 Å². The second-order valence-corrected chi connectivity index (χ2v) is 6.12. The molecule has 1 N–H and O–H groups in total. The fourth-order valence-corrected chi connectivity index (χ4v) is 1.52. The summed E-state index contributed by atoms with van der Waals surface area (Å²) in [6.45, 7) is 3.89. The highest BCUT2D eigenvalue weighted by Gasteiger charge is 2.19. The summed E-state index contributed by atoms with van der Waals surface area (Å²) in [6.07, 6.45) is 0. The molecule has 0 fully saturated rings. The maximum atomic E-state index is 10.9. The first-order chi connectivity index (χ1) is 5.33. The zero-order valence-electron chi connectivity index (χ0n) is 7.43. The quantitative estimate of drug-likeness (QED) is 0.740. The van der Waals surface area contributed by atoms with Gasteiger partial charge in [-0.3, -0.25) is 0 Å². The van der Waals surface area contributed by atoms with Gasteiger partial charge < -0.3 is 4.74 Å². The van der Waals surface area contributed by atoms with Crippen molar-refractivity contribution in [1.29, 1.82) is 0 Å². The van der Waals surface area contributed by atoms with E-state index >= 15 is 0 Å². The summed E-state index contributed by atoms with van der Waals surface area (Å²) in [7, 11) is -1.63. The van der Waals surface area contributed by atoms with Crippen LogP contribution in [0.4, 0.5) is 0 Å². The normalized spacial score (nSPS) is 13.3. The molecule has 0 amide bonds. The third-order valence-electron chi connectivity index (χ3n) is 1.41. The number of methoxy groups -OCH3 is 1. The van der Waals surface area contributed by atoms with Crippen LogP contribution in [0.25, 0.3) is 0 Å². The molecule has 0 heterocycles. The highest BCUT2D eigenvalue weighted by molar-refractivity contribution is 9.10. The van der Waals surface area contributed by atoms with Crippen molar-refractivity contribution in [3.63, 3.8) is 0 Å². The van der Waals surface area contributed by atoms with Gasteiger partial charge in [-0.05, 0) is 13.8 Å². The van der Waals surface area contributed by atoms with Crippen molar-refractivity contribution in [3.05, 3.63) is 0 Å². The summed E-state index contributed by atoms with van der Waals surface area (Å²) in [4.78, 5) is 0. The molecule has 0 aliphatic rings. The molecule has 4 nitrogen and oxygen atoms in total. The van der Waals surface area contributed by atoms with Gasteiger partial charge in [0.15, 0.2) is 0 Å². The number of hydrogen-bond acceptors (Lipinski definition) is 3. The van der Waals surface area contributed by atoms with Crippen LogP contribution in [0.3, 0.4) is 0 Å². The Morgan fingerprint density at radius 1 is 1.50 bits per heavy atom. The molecule has 6 heteroatoms. The van der Waals surface area contributed by atoms with E-state index in [2.05, 4.69) is 20.7 Å². The zero-order chi connectivity index (χ0) is 9.83. The van der Waals surface area contributed by atoms with E-state index in [-0.39, 0.29) is 11.2 Å². The van der Waals surface area contributed by atoms with Crippen molar-refractivity contribution in [2.24, 2.45) is 0 Å². The Morgan fingerprint density at radius 2 is 2.00 bits per heavy atom. The topological polar surface area (TPSA) is 55.4 Å². The molecule has 0 bridgehead atoms. The van der Waals surface area contributed by atoms with Gasteiger partial charge in [-0.25, -0.2) is 13.1 Å². The van der Waals surface area contributed by atoms with E-state index in [1.54, 1.807) is 7.11 Å². The molecule has 12 heavy (non-hydrogen) atoms. The van der Waals surface area contributed by atoms with E-state index in [0.29, 0.717) is 0 Å². The molecule has 0 aromatic heterocycles. The molecular weight excluding hydrogens is 246 g/mol. The lowest BCUT2D eigenvalue weighted by Crippen LogP contribution is -2.39. The molecule has 0 saturated heterocycles. The van der Waals surface area contributed by atoms with E-state index in [1.165, 1.54) is 0 Å². The van der Waals surface area contributed by atoms with Gasteiger partial charge in [0.05, 0.1) is 5.60 Å². The minimum atomic E-state index is -3.18. The van der Waals surface area contributed by atoms with Gasteiger partial charge in [0, 0.05) is 13.7 Å². The van der Waals surface area contributed by atoms with E-state index in [0.717, 1.165) is 0 Å². The van der Waals surface area contributed by atoms with E-state index in [9.17, 15) is 8.42 Å². The fraction of sp³-hybridized carbons (Fsp3) is 1.00. The smallest absolute Gasteiger partial charge is 0.221 e. The summed E-state index contributed by atoms with van der Waals surface area (Å²) in [6, 6.07) is 0. The Balaban J connectivity index is 4.00. The van der Waals surface area contributed by atoms with Crippen LogP contribution in [0.1, 0.15) is 13.8 Å². The van der Waals surface area contributed by atoms with Crippen LogP contribution >= 0.6 is 15.9 Å². The molecule has 0 rings (SSSR count). The lowest BCUT2D eigenvalue weighted by Gasteiger charge is -2.22. The van der Waals surface area contributed by atoms with Crippen LogP contribution in [0, 0.1) is 0 Å². The first-order valence-corrected chi connectivity index (χ1v) is 6.19. The molecule has 74 valence electrons. The average molecular weight is 260 g/mol. The van der Waals surface area contributed by atoms with E-state index in [4.69, 9.17) is 4.74 Å². The zero-order valence-corrected chi connectivity index (χ0v) is 9.83. The maximum absolute atomic E-state index is 10.9. The Morgan fingerprint density at radius 3 is 2.33 bits per heavy atom. The third-order valence-corrected chi connectivity index (χ3v) is 4.09. The lowest BCUT2D eigenvalue weighted by atomic mass is 10.1. The molecule has 0 spiro atoms. The molecule has 0 aromatic rings. The monoisotopic (exact) mass is 259 g/mol. The molecule has 0 saturated carbocycles. The van der Waals surface area contributed by atoms with Crippen LogP contribution in [-0.4, -0.2) is 32.3 Å². The first kappa shape index (κ1) is 12.3. The summed E-state index contributed by atoms with van der Waals surface area (Å²) < 4.78 is 29.2. The summed E-state index contributed by atoms with van der Waals surface area (Å²) >= 11 is 2.87. The SMILES string of the molecule is COC(C)(C)CNS(=O)(=O)CBr. The molecule has 0 unspecified atom stereocenters. The summed E-state index contributed by atoms with van der Waals surface area (Å²) in [5.74, 6) is 0. The lowest BCUT2D eigenvalue weighted by molar-refractivity contribution is 0.0276. The highest BCUT2D eigenvalue weighted by Crippen LogP contribution is 2.05. The number of sulfonamides is 1. The number of hydrogen-bond donors (Lipinski definition) is 1. The number of rotatable bonds is 5. The maximum Gasteiger partial charge on any atom is 0.221 e. The number of halogens is 1. The minimum Gasteiger partial charge on any atom is -0.377 e. The number of nitrogens with one attached hydrogen (secondary N) is 1. The second-order valence-electron chi connectivity index (χ2n) is 3.01. The summed E-state index contributed by atoms with van der Waals surface area (Å²) in [5, 5.41) is 0. The molecule has 0 radical (unpaired) electrons. The van der Waals surface area contributed by atoms with Crippen molar-refractivity contribution in [3.8, 4) is 0 Å². The van der Waals surface area contributed by atoms with E-state index in [1.807, 2.05) is 13.8 Å². The van der Waals surface area contributed by atoms with Crippen molar-refractivity contribution in [2.45, 2.75) is 19.4 Å². The van der Waals surface area contributed by atoms with Crippen molar-refractivity contribution in [1.82, 2.24) is 4.72 Å². The van der Waals surface area contributed by atoms with Gasteiger partial charge in [-0.1, -0.05) is 15.9 Å². The van der Waals surface area contributed by atoms with Crippen LogP contribution in [-0.2, 0) is 14.8 Å². The third kappa shape index (κ3) is 5.08. The number of ether oxygens (including phenoxy) is 1. The Bertz CT molecular complexity index is 225. The largest absolute Gasteiger partial charge is 0.377 e. The number of alkyl halides is 1. The van der Waals surface area contributed by atoms with Crippen LogP contribution in [0.2, 0.25) is 0 Å². The molecule has 0 aliphatic carbocycles. The van der Waals surface area contributed by atoms with Gasteiger partial charge in [-0.2, -0.15) is 0 Å². The van der Waals surface area contributed by atoms with Gasteiger partial charge in [-0.15, -0.1) is 0 Å². The van der Waals surface area contributed by atoms with Gasteiger partial charge in [0.25, 0.3) is 0 Å². The van der Waals surface area contributed by atoms with Crippen LogP contribution < -0.4 is 4.72 Å². The molecule has 0 atom stereocenters. The van der Waals surface area contributed by atoms with Crippen molar-refractivity contribution in [2.75, 3.05) is 18.3 Å². The summed E-state index contributed by atoms with van der Waals surface area (Å²) in [5.41, 5.74) is -0.463. The predicted octanol–water partition coefficient (Wildman–Crippen LogP) is 0.683. The average Bonchev–Trinajstić information content (AvgIpc) is 2.02. The van der Waals surface area contributed by atoms with Crippen molar-refractivity contribution >= 4 is 26.0 Å². The second kappa shape index (κ2) is 4.55. The Hall–Kier alpha value is 0.350. The minimum absolute atomic E-state index is 0.0835. The molecule has 0 aliphatic heterocycles. The predicted molar refractivity (Wildman–Crippen MR) is 51.8 cm³/mol. The standard InChI is InChI=1S/C6H14BrNO3S/c1-6(2,11-3)4-8-12(9,10)5-7/h8H,4-5H2,1-3H3. The van der Waals surface area contributed by atoms with Gasteiger partial charge >= 0.3 is 0 Å². The molecule has 0 aromatic carbocycles.